The van der Waals surface area contributed by atoms with Crippen molar-refractivity contribution in [2.75, 3.05) is 19.1 Å². The molecule has 2 rings (SSSR count). The first-order valence-electron chi connectivity index (χ1n) is 4.53. The Hall–Kier alpha value is -0.490. The van der Waals surface area contributed by atoms with Gasteiger partial charge in [-0.3, -0.25) is 0 Å². The molecule has 4 nitrogen and oxygen atoms in total. The Morgan fingerprint density at radius 3 is 2.87 bits per heavy atom. The molecule has 2 unspecified atom stereocenters. The average molecular weight is 251 g/mol. The Morgan fingerprint density at radius 2 is 2.13 bits per heavy atom. The zero-order valence-corrected chi connectivity index (χ0v) is 9.42. The molecule has 84 valence electrons. The fourth-order valence-electron chi connectivity index (χ4n) is 1.35. The van der Waals surface area contributed by atoms with Gasteiger partial charge in [0.15, 0.2) is 11.5 Å². The number of aliphatic hydroxyl groups is 2. The highest BCUT2D eigenvalue weighted by Crippen LogP contribution is 2.43. The minimum absolute atomic E-state index is 0.0191. The van der Waals surface area contributed by atoms with Crippen molar-refractivity contribution in [1.82, 2.24) is 0 Å². The fourth-order valence-corrected chi connectivity index (χ4v) is 2.49. The summed E-state index contributed by atoms with van der Waals surface area (Å²) in [7, 11) is 0. The second-order valence-electron chi connectivity index (χ2n) is 3.16. The molecule has 0 bridgehead atoms. The first-order chi connectivity index (χ1) is 7.24. The second-order valence-corrected chi connectivity index (χ2v) is 4.38. The van der Waals surface area contributed by atoms with Gasteiger partial charge < -0.3 is 19.7 Å². The molecule has 1 aromatic heterocycles. The molecular weight excluding hydrogens is 240 g/mol. The molecule has 0 amide bonds. The Kier molecular flexibility index (Phi) is 3.35. The van der Waals surface area contributed by atoms with E-state index in [9.17, 15) is 10.2 Å². The van der Waals surface area contributed by atoms with Crippen molar-refractivity contribution in [1.29, 1.82) is 0 Å². The van der Waals surface area contributed by atoms with Crippen LogP contribution in [0.15, 0.2) is 5.38 Å². The molecule has 1 aromatic rings. The van der Waals surface area contributed by atoms with Gasteiger partial charge in [0.05, 0.1) is 16.9 Å². The lowest BCUT2D eigenvalue weighted by atomic mass is 10.2. The lowest BCUT2D eigenvalue weighted by Crippen LogP contribution is -2.21. The van der Waals surface area contributed by atoms with E-state index in [-0.39, 0.29) is 5.88 Å². The van der Waals surface area contributed by atoms with Crippen LogP contribution in [0.1, 0.15) is 11.0 Å². The van der Waals surface area contributed by atoms with Crippen LogP contribution in [-0.2, 0) is 0 Å². The van der Waals surface area contributed by atoms with E-state index in [4.69, 9.17) is 21.1 Å². The van der Waals surface area contributed by atoms with Crippen LogP contribution < -0.4 is 9.47 Å². The maximum Gasteiger partial charge on any atom is 0.178 e. The smallest absolute Gasteiger partial charge is 0.178 e. The van der Waals surface area contributed by atoms with Crippen LogP contribution in [0.3, 0.4) is 0 Å². The van der Waals surface area contributed by atoms with Gasteiger partial charge in [-0.1, -0.05) is 0 Å². The molecule has 6 heteroatoms. The van der Waals surface area contributed by atoms with E-state index in [1.807, 2.05) is 0 Å². The van der Waals surface area contributed by atoms with Crippen molar-refractivity contribution < 1.29 is 19.7 Å². The van der Waals surface area contributed by atoms with Gasteiger partial charge in [0, 0.05) is 5.38 Å². The molecule has 0 saturated carbocycles. The molecule has 15 heavy (non-hydrogen) atoms. The number of alkyl halides is 1. The van der Waals surface area contributed by atoms with Crippen LogP contribution >= 0.6 is 22.9 Å². The van der Waals surface area contributed by atoms with Gasteiger partial charge in [0.1, 0.15) is 19.3 Å². The van der Waals surface area contributed by atoms with Crippen LogP contribution in [0.5, 0.6) is 11.5 Å². The number of hydrogen-bond donors (Lipinski definition) is 2. The standard InChI is InChI=1S/C9H11ClO4S/c10-3-5(11)7(12)9-8-6(4-15-9)13-1-2-14-8/h4-5,7,11-12H,1-3H2. The first kappa shape index (κ1) is 11.0. The number of halogens is 1. The molecule has 0 aliphatic carbocycles. The lowest BCUT2D eigenvalue weighted by Gasteiger charge is -2.19. The molecule has 0 radical (unpaired) electrons. The minimum Gasteiger partial charge on any atom is -0.485 e. The van der Waals surface area contributed by atoms with Gasteiger partial charge >= 0.3 is 0 Å². The molecule has 2 N–H and O–H groups in total. The van der Waals surface area contributed by atoms with Crippen LogP contribution in [0.25, 0.3) is 0 Å². The summed E-state index contributed by atoms with van der Waals surface area (Å²) >= 11 is 6.77. The number of aliphatic hydroxyl groups excluding tert-OH is 2. The predicted octanol–water partition coefficient (Wildman–Crippen LogP) is 1.15. The molecule has 2 atom stereocenters. The summed E-state index contributed by atoms with van der Waals surface area (Å²) in [6, 6.07) is 0. The van der Waals surface area contributed by atoms with Crippen LogP contribution in [0.2, 0.25) is 0 Å². The number of hydrogen-bond acceptors (Lipinski definition) is 5. The Balaban J connectivity index is 2.24. The zero-order chi connectivity index (χ0) is 10.8. The van der Waals surface area contributed by atoms with E-state index in [0.29, 0.717) is 29.6 Å². The summed E-state index contributed by atoms with van der Waals surface area (Å²) in [5, 5.41) is 21.0. The van der Waals surface area contributed by atoms with Gasteiger partial charge in [0.25, 0.3) is 0 Å². The van der Waals surface area contributed by atoms with Gasteiger partial charge in [-0.2, -0.15) is 0 Å². The van der Waals surface area contributed by atoms with Gasteiger partial charge in [-0.15, -0.1) is 22.9 Å². The molecule has 1 aliphatic rings. The van der Waals surface area contributed by atoms with E-state index in [1.54, 1.807) is 5.38 Å². The summed E-state index contributed by atoms with van der Waals surface area (Å²) in [6.45, 7) is 0.970. The van der Waals surface area contributed by atoms with Crippen molar-refractivity contribution in [3.63, 3.8) is 0 Å². The van der Waals surface area contributed by atoms with Gasteiger partial charge in [-0.25, -0.2) is 0 Å². The molecule has 2 heterocycles. The van der Waals surface area contributed by atoms with E-state index in [1.165, 1.54) is 11.3 Å². The van der Waals surface area contributed by atoms with Crippen LogP contribution in [0.4, 0.5) is 0 Å². The third-order valence-electron chi connectivity index (χ3n) is 2.12. The first-order valence-corrected chi connectivity index (χ1v) is 5.94. The Labute approximate surface area is 96.0 Å². The number of thiophene rings is 1. The van der Waals surface area contributed by atoms with Crippen LogP contribution in [0, 0.1) is 0 Å². The van der Waals surface area contributed by atoms with Gasteiger partial charge in [-0.05, 0) is 0 Å². The summed E-state index contributed by atoms with van der Waals surface area (Å²) < 4.78 is 10.7. The monoisotopic (exact) mass is 250 g/mol. The number of ether oxygens (including phenoxy) is 2. The third-order valence-corrected chi connectivity index (χ3v) is 3.45. The fraction of sp³-hybridized carbons (Fsp3) is 0.556. The van der Waals surface area contributed by atoms with Gasteiger partial charge in [0.2, 0.25) is 0 Å². The molecule has 1 aliphatic heterocycles. The average Bonchev–Trinajstić information content (AvgIpc) is 2.70. The summed E-state index contributed by atoms with van der Waals surface area (Å²) in [5.74, 6) is 1.14. The quantitative estimate of drug-likeness (QED) is 0.791. The third kappa shape index (κ3) is 2.06. The number of rotatable bonds is 3. The largest absolute Gasteiger partial charge is 0.485 e. The second kappa shape index (κ2) is 4.57. The Morgan fingerprint density at radius 1 is 1.40 bits per heavy atom. The normalized spacial score (nSPS) is 18.6. The zero-order valence-electron chi connectivity index (χ0n) is 7.85. The SMILES string of the molecule is OC(CCl)C(O)c1scc2c1OCCO2. The Bertz CT molecular complexity index is 341. The lowest BCUT2D eigenvalue weighted by molar-refractivity contribution is 0.0320. The maximum atomic E-state index is 9.77. The molecule has 0 spiro atoms. The van der Waals surface area contributed by atoms with Crippen molar-refractivity contribution in [2.45, 2.75) is 12.2 Å². The minimum atomic E-state index is -1.02. The van der Waals surface area contributed by atoms with E-state index >= 15 is 0 Å². The van der Waals surface area contributed by atoms with Crippen molar-refractivity contribution in [3.8, 4) is 11.5 Å². The van der Waals surface area contributed by atoms with Crippen molar-refractivity contribution in [2.24, 2.45) is 0 Å². The predicted molar refractivity (Wildman–Crippen MR) is 57.0 cm³/mol. The molecule has 0 aromatic carbocycles. The summed E-state index contributed by atoms with van der Waals surface area (Å²) in [6.07, 6.45) is -2.00. The molecule has 0 fully saturated rings. The summed E-state index contributed by atoms with van der Waals surface area (Å²) in [5.41, 5.74) is 0. The van der Waals surface area contributed by atoms with Crippen molar-refractivity contribution in [3.05, 3.63) is 10.3 Å². The highest BCUT2D eigenvalue weighted by molar-refractivity contribution is 7.10. The molecular formula is C9H11ClO4S. The van der Waals surface area contributed by atoms with E-state index < -0.39 is 12.2 Å². The molecule has 0 saturated heterocycles. The summed E-state index contributed by atoms with van der Waals surface area (Å²) in [4.78, 5) is 0.567. The van der Waals surface area contributed by atoms with Crippen molar-refractivity contribution >= 4 is 22.9 Å². The van der Waals surface area contributed by atoms with E-state index in [2.05, 4.69) is 0 Å². The number of fused-ring (bicyclic) bond motifs is 1. The topological polar surface area (TPSA) is 58.9 Å². The highest BCUT2D eigenvalue weighted by Gasteiger charge is 2.27. The van der Waals surface area contributed by atoms with E-state index in [0.717, 1.165) is 0 Å². The maximum absolute atomic E-state index is 9.77. The van der Waals surface area contributed by atoms with Crippen LogP contribution in [-0.4, -0.2) is 35.4 Å². The highest BCUT2D eigenvalue weighted by atomic mass is 35.5.